The lowest BCUT2D eigenvalue weighted by molar-refractivity contribution is 0.0950. The van der Waals surface area contributed by atoms with Gasteiger partial charge in [-0.2, -0.15) is 0 Å². The van der Waals surface area contributed by atoms with E-state index in [0.717, 1.165) is 9.35 Å². The van der Waals surface area contributed by atoms with Gasteiger partial charge in [0.2, 0.25) is 0 Å². The van der Waals surface area contributed by atoms with Gasteiger partial charge in [0.25, 0.3) is 5.91 Å². The normalized spacial score (nSPS) is 10.4. The smallest absolute Gasteiger partial charge is 0.252 e. The van der Waals surface area contributed by atoms with Gasteiger partial charge in [0.1, 0.15) is 0 Å². The van der Waals surface area contributed by atoms with Crippen molar-refractivity contribution in [3.8, 4) is 0 Å². The SMILES string of the molecule is O=C(NCc1cc(Br)cs1)c1ccc(Cl)cc1Br. The van der Waals surface area contributed by atoms with Crippen LogP contribution in [0.1, 0.15) is 15.2 Å². The molecule has 0 aliphatic heterocycles. The van der Waals surface area contributed by atoms with Crippen LogP contribution in [0, 0.1) is 0 Å². The van der Waals surface area contributed by atoms with Crippen molar-refractivity contribution in [1.82, 2.24) is 5.32 Å². The lowest BCUT2D eigenvalue weighted by Crippen LogP contribution is -2.22. The molecule has 0 radical (unpaired) electrons. The number of nitrogens with one attached hydrogen (secondary N) is 1. The number of carbonyl (C=O) groups is 1. The maximum Gasteiger partial charge on any atom is 0.252 e. The zero-order valence-corrected chi connectivity index (χ0v) is 13.8. The third kappa shape index (κ3) is 3.57. The van der Waals surface area contributed by atoms with Crippen LogP contribution in [-0.2, 0) is 6.54 Å². The van der Waals surface area contributed by atoms with Gasteiger partial charge >= 0.3 is 0 Å². The predicted octanol–water partition coefficient (Wildman–Crippen LogP) is 4.86. The Kier molecular flexibility index (Phi) is 4.84. The van der Waals surface area contributed by atoms with Crippen LogP contribution in [0.3, 0.4) is 0 Å². The Hall–Kier alpha value is -0.360. The second-order valence-electron chi connectivity index (χ2n) is 3.54. The molecule has 1 N–H and O–H groups in total. The molecule has 1 aromatic heterocycles. The van der Waals surface area contributed by atoms with Crippen molar-refractivity contribution in [3.05, 3.63) is 54.1 Å². The van der Waals surface area contributed by atoms with Gasteiger partial charge in [0, 0.05) is 24.2 Å². The van der Waals surface area contributed by atoms with Crippen molar-refractivity contribution in [1.29, 1.82) is 0 Å². The molecule has 0 saturated heterocycles. The molecule has 0 bridgehead atoms. The number of benzene rings is 1. The van der Waals surface area contributed by atoms with Crippen LogP contribution < -0.4 is 5.32 Å². The van der Waals surface area contributed by atoms with Gasteiger partial charge in [0.15, 0.2) is 0 Å². The molecule has 0 spiro atoms. The molecule has 0 saturated carbocycles. The highest BCUT2D eigenvalue weighted by Gasteiger charge is 2.10. The number of halogens is 3. The van der Waals surface area contributed by atoms with Crippen molar-refractivity contribution in [2.75, 3.05) is 0 Å². The van der Waals surface area contributed by atoms with Crippen molar-refractivity contribution in [2.45, 2.75) is 6.54 Å². The molecule has 0 fully saturated rings. The predicted molar refractivity (Wildman–Crippen MR) is 82.3 cm³/mol. The fourth-order valence-corrected chi connectivity index (χ4v) is 3.64. The van der Waals surface area contributed by atoms with Crippen molar-refractivity contribution in [3.63, 3.8) is 0 Å². The first kappa shape index (κ1) is 14.1. The third-order valence-electron chi connectivity index (χ3n) is 2.22. The van der Waals surface area contributed by atoms with Crippen LogP contribution in [0.2, 0.25) is 5.02 Å². The summed E-state index contributed by atoms with van der Waals surface area (Å²) in [5.41, 5.74) is 0.579. The first-order valence-electron chi connectivity index (χ1n) is 5.02. The van der Waals surface area contributed by atoms with Crippen molar-refractivity contribution < 1.29 is 4.79 Å². The number of hydrogen-bond acceptors (Lipinski definition) is 2. The van der Waals surface area contributed by atoms with E-state index < -0.39 is 0 Å². The van der Waals surface area contributed by atoms with E-state index in [1.165, 1.54) is 0 Å². The van der Waals surface area contributed by atoms with E-state index in [1.807, 2.05) is 11.4 Å². The monoisotopic (exact) mass is 407 g/mol. The molecule has 94 valence electrons. The summed E-state index contributed by atoms with van der Waals surface area (Å²) < 4.78 is 1.73. The number of carbonyl (C=O) groups excluding carboxylic acids is 1. The Morgan fingerprint density at radius 2 is 2.11 bits per heavy atom. The average molecular weight is 410 g/mol. The molecule has 2 nitrogen and oxygen atoms in total. The number of amides is 1. The van der Waals surface area contributed by atoms with E-state index in [9.17, 15) is 4.79 Å². The zero-order valence-electron chi connectivity index (χ0n) is 9.04. The lowest BCUT2D eigenvalue weighted by atomic mass is 10.2. The molecule has 2 rings (SSSR count). The van der Waals surface area contributed by atoms with E-state index >= 15 is 0 Å². The molecule has 18 heavy (non-hydrogen) atoms. The second-order valence-corrected chi connectivity index (χ2v) is 6.74. The Labute approximate surface area is 131 Å². The van der Waals surface area contributed by atoms with Crippen molar-refractivity contribution >= 4 is 60.7 Å². The largest absolute Gasteiger partial charge is 0.347 e. The van der Waals surface area contributed by atoms with Gasteiger partial charge in [-0.05, 0) is 56.1 Å². The van der Waals surface area contributed by atoms with E-state index in [1.54, 1.807) is 29.5 Å². The summed E-state index contributed by atoms with van der Waals surface area (Å²) in [5, 5.41) is 5.45. The van der Waals surface area contributed by atoms with Crippen molar-refractivity contribution in [2.24, 2.45) is 0 Å². The maximum atomic E-state index is 12.0. The van der Waals surface area contributed by atoms with Crippen LogP contribution in [0.5, 0.6) is 0 Å². The van der Waals surface area contributed by atoms with E-state index in [-0.39, 0.29) is 5.91 Å². The minimum absolute atomic E-state index is 0.122. The molecule has 1 aromatic carbocycles. The minimum Gasteiger partial charge on any atom is -0.347 e. The van der Waals surface area contributed by atoms with E-state index in [0.29, 0.717) is 21.6 Å². The number of thiophene rings is 1. The number of hydrogen-bond donors (Lipinski definition) is 1. The summed E-state index contributed by atoms with van der Waals surface area (Å²) in [6, 6.07) is 7.09. The fraction of sp³-hybridized carbons (Fsp3) is 0.0833. The summed E-state index contributed by atoms with van der Waals surface area (Å²) in [5.74, 6) is -0.122. The summed E-state index contributed by atoms with van der Waals surface area (Å²) in [4.78, 5) is 13.1. The molecular formula is C12H8Br2ClNOS. The Morgan fingerprint density at radius 1 is 1.33 bits per heavy atom. The Bertz CT molecular complexity index is 585. The van der Waals surface area contributed by atoms with Gasteiger partial charge < -0.3 is 5.32 Å². The summed E-state index contributed by atoms with van der Waals surface area (Å²) in [6.45, 7) is 0.518. The third-order valence-corrected chi connectivity index (χ3v) is 4.81. The highest BCUT2D eigenvalue weighted by atomic mass is 79.9. The van der Waals surface area contributed by atoms with E-state index in [2.05, 4.69) is 37.2 Å². The molecule has 0 unspecified atom stereocenters. The molecule has 0 aliphatic carbocycles. The molecule has 0 atom stereocenters. The summed E-state index contributed by atoms with van der Waals surface area (Å²) in [7, 11) is 0. The highest BCUT2D eigenvalue weighted by Crippen LogP contribution is 2.22. The zero-order chi connectivity index (χ0) is 13.1. The van der Waals surface area contributed by atoms with Gasteiger partial charge in [0.05, 0.1) is 12.1 Å². The first-order valence-corrected chi connectivity index (χ1v) is 7.87. The van der Waals surface area contributed by atoms with E-state index in [4.69, 9.17) is 11.6 Å². The quantitative estimate of drug-likeness (QED) is 0.771. The fourth-order valence-electron chi connectivity index (χ4n) is 1.38. The minimum atomic E-state index is -0.122. The van der Waals surface area contributed by atoms with Crippen LogP contribution >= 0.6 is 54.8 Å². The topological polar surface area (TPSA) is 29.1 Å². The van der Waals surface area contributed by atoms with Gasteiger partial charge in [-0.1, -0.05) is 11.6 Å². The van der Waals surface area contributed by atoms with Crippen LogP contribution in [0.25, 0.3) is 0 Å². The molecule has 0 aliphatic rings. The van der Waals surface area contributed by atoms with Crippen LogP contribution in [0.15, 0.2) is 38.6 Å². The molecule has 1 heterocycles. The Morgan fingerprint density at radius 3 is 2.72 bits per heavy atom. The standard InChI is InChI=1S/C12H8Br2ClNOS/c13-7-3-9(18-6-7)5-16-12(17)10-2-1-8(15)4-11(10)14/h1-4,6H,5H2,(H,16,17). The maximum absolute atomic E-state index is 12.0. The average Bonchev–Trinajstić information content (AvgIpc) is 2.72. The molecular weight excluding hydrogens is 401 g/mol. The molecule has 6 heteroatoms. The summed E-state index contributed by atoms with van der Waals surface area (Å²) >= 11 is 14.1. The van der Waals surface area contributed by atoms with Gasteiger partial charge in [-0.25, -0.2) is 0 Å². The highest BCUT2D eigenvalue weighted by molar-refractivity contribution is 9.10. The van der Waals surface area contributed by atoms with Crippen LogP contribution in [-0.4, -0.2) is 5.91 Å². The number of rotatable bonds is 3. The van der Waals surface area contributed by atoms with Crippen LogP contribution in [0.4, 0.5) is 0 Å². The second kappa shape index (κ2) is 6.19. The lowest BCUT2D eigenvalue weighted by Gasteiger charge is -2.06. The van der Waals surface area contributed by atoms with Gasteiger partial charge in [-0.15, -0.1) is 11.3 Å². The first-order chi connectivity index (χ1) is 8.56. The summed E-state index contributed by atoms with van der Waals surface area (Å²) in [6.07, 6.45) is 0. The molecule has 2 aromatic rings. The molecule has 1 amide bonds. The Balaban J connectivity index is 2.03. The van der Waals surface area contributed by atoms with Gasteiger partial charge in [-0.3, -0.25) is 4.79 Å².